The number of hydrogen-bond donors (Lipinski definition) is 2. The number of aromatic nitrogens is 2. The van der Waals surface area contributed by atoms with Crippen molar-refractivity contribution in [3.63, 3.8) is 0 Å². The number of benzene rings is 1. The second kappa shape index (κ2) is 6.84. The fourth-order valence-electron chi connectivity index (χ4n) is 4.30. The standard InChI is InChI=1S/C18H24N4O2.ClH/c19-18(9-3-4-10-18)16(23)21-11-7-13(8-12-21)22-15-6-2-1-5-14(15)20-17(22)24;/h1-2,5-6,13H,3-4,7-12,19H2,(H,20,24);1H. The van der Waals surface area contributed by atoms with Gasteiger partial charge in [0.25, 0.3) is 0 Å². The molecule has 2 aliphatic rings. The molecule has 3 N–H and O–H groups in total. The number of carbonyl (C=O) groups is 1. The SMILES string of the molecule is Cl.NC1(C(=O)N2CCC(n3c(=O)[nH]c4ccccc43)CC2)CCCC1. The first-order chi connectivity index (χ1) is 11.6. The summed E-state index contributed by atoms with van der Waals surface area (Å²) in [6, 6.07) is 7.90. The van der Waals surface area contributed by atoms with Gasteiger partial charge in [-0.1, -0.05) is 25.0 Å². The lowest BCUT2D eigenvalue weighted by Crippen LogP contribution is -2.55. The zero-order valence-electron chi connectivity index (χ0n) is 14.2. The second-order valence-corrected chi connectivity index (χ2v) is 7.20. The summed E-state index contributed by atoms with van der Waals surface area (Å²) in [6.07, 6.45) is 5.28. The van der Waals surface area contributed by atoms with Crippen LogP contribution < -0.4 is 11.4 Å². The van der Waals surface area contributed by atoms with Crippen LogP contribution in [-0.4, -0.2) is 39.0 Å². The smallest absolute Gasteiger partial charge is 0.326 e. The van der Waals surface area contributed by atoms with Crippen LogP contribution in [0, 0.1) is 0 Å². The van der Waals surface area contributed by atoms with E-state index in [9.17, 15) is 9.59 Å². The van der Waals surface area contributed by atoms with Gasteiger partial charge in [-0.05, 0) is 37.8 Å². The molecule has 1 amide bonds. The predicted molar refractivity (Wildman–Crippen MR) is 100 cm³/mol. The molecule has 1 aromatic heterocycles. The normalized spacial score (nSPS) is 20.6. The highest BCUT2D eigenvalue weighted by Crippen LogP contribution is 2.31. The fraction of sp³-hybridized carbons (Fsp3) is 0.556. The molecule has 1 saturated carbocycles. The highest BCUT2D eigenvalue weighted by molar-refractivity contribution is 5.86. The summed E-state index contributed by atoms with van der Waals surface area (Å²) in [7, 11) is 0. The lowest BCUT2D eigenvalue weighted by atomic mass is 9.95. The second-order valence-electron chi connectivity index (χ2n) is 7.20. The molecule has 0 unspecified atom stereocenters. The molecule has 2 aromatic rings. The zero-order valence-corrected chi connectivity index (χ0v) is 15.1. The van der Waals surface area contributed by atoms with Gasteiger partial charge in [-0.3, -0.25) is 9.36 Å². The molecule has 2 fully saturated rings. The molecule has 7 heteroatoms. The van der Waals surface area contributed by atoms with Gasteiger partial charge in [0.1, 0.15) is 0 Å². The van der Waals surface area contributed by atoms with Crippen molar-refractivity contribution in [1.29, 1.82) is 0 Å². The first-order valence-corrected chi connectivity index (χ1v) is 8.86. The number of amides is 1. The third-order valence-corrected chi connectivity index (χ3v) is 5.66. The minimum atomic E-state index is -0.648. The van der Waals surface area contributed by atoms with Gasteiger partial charge in [-0.15, -0.1) is 12.4 Å². The monoisotopic (exact) mass is 364 g/mol. The number of hydrogen-bond acceptors (Lipinski definition) is 3. The Morgan fingerprint density at radius 2 is 1.80 bits per heavy atom. The summed E-state index contributed by atoms with van der Waals surface area (Å²) < 4.78 is 1.85. The number of carbonyl (C=O) groups excluding carboxylic acids is 1. The third kappa shape index (κ3) is 3.09. The maximum absolute atomic E-state index is 12.7. The number of H-pyrrole nitrogens is 1. The lowest BCUT2D eigenvalue weighted by molar-refractivity contribution is -0.138. The number of nitrogens with two attached hydrogens (primary N) is 1. The third-order valence-electron chi connectivity index (χ3n) is 5.66. The molecule has 1 aliphatic heterocycles. The Kier molecular flexibility index (Phi) is 4.93. The van der Waals surface area contributed by atoms with Crippen LogP contribution in [0.2, 0.25) is 0 Å². The van der Waals surface area contributed by atoms with Crippen molar-refractivity contribution >= 4 is 29.3 Å². The topological polar surface area (TPSA) is 84.1 Å². The molecule has 2 heterocycles. The van der Waals surface area contributed by atoms with Gasteiger partial charge in [-0.25, -0.2) is 4.79 Å². The average Bonchev–Trinajstić information content (AvgIpc) is 3.18. The summed E-state index contributed by atoms with van der Waals surface area (Å²) in [5.74, 6) is 0.102. The number of nitrogens with one attached hydrogen (secondary N) is 1. The van der Waals surface area contributed by atoms with Gasteiger partial charge in [0.2, 0.25) is 5.91 Å². The lowest BCUT2D eigenvalue weighted by Gasteiger charge is -2.37. The number of halogens is 1. The van der Waals surface area contributed by atoms with Gasteiger partial charge in [0, 0.05) is 19.1 Å². The average molecular weight is 365 g/mol. The number of fused-ring (bicyclic) bond motifs is 1. The summed E-state index contributed by atoms with van der Waals surface area (Å²) in [4.78, 5) is 29.9. The van der Waals surface area contributed by atoms with Crippen molar-refractivity contribution in [2.45, 2.75) is 50.1 Å². The predicted octanol–water partition coefficient (Wildman–Crippen LogP) is 2.19. The van der Waals surface area contributed by atoms with Crippen molar-refractivity contribution < 1.29 is 4.79 Å². The number of para-hydroxylation sites is 2. The van der Waals surface area contributed by atoms with E-state index in [1.54, 1.807) is 0 Å². The first kappa shape index (κ1) is 18.0. The summed E-state index contributed by atoms with van der Waals surface area (Å²) in [5, 5.41) is 0. The molecule has 136 valence electrons. The maximum Gasteiger partial charge on any atom is 0.326 e. The van der Waals surface area contributed by atoms with E-state index in [-0.39, 0.29) is 30.0 Å². The highest BCUT2D eigenvalue weighted by Gasteiger charge is 2.40. The van der Waals surface area contributed by atoms with Crippen molar-refractivity contribution in [1.82, 2.24) is 14.5 Å². The summed E-state index contributed by atoms with van der Waals surface area (Å²) >= 11 is 0. The number of likely N-dealkylation sites (tertiary alicyclic amines) is 1. The molecular weight excluding hydrogens is 340 g/mol. The van der Waals surface area contributed by atoms with Crippen LogP contribution in [0.25, 0.3) is 11.0 Å². The molecule has 0 bridgehead atoms. The van der Waals surface area contributed by atoms with Crippen LogP contribution in [0.5, 0.6) is 0 Å². The number of imidazole rings is 1. The first-order valence-electron chi connectivity index (χ1n) is 8.86. The van der Waals surface area contributed by atoms with E-state index < -0.39 is 5.54 Å². The van der Waals surface area contributed by atoms with Crippen LogP contribution >= 0.6 is 12.4 Å². The Balaban J connectivity index is 0.00000182. The van der Waals surface area contributed by atoms with Gasteiger partial charge in [0.15, 0.2) is 0 Å². The van der Waals surface area contributed by atoms with Gasteiger partial charge < -0.3 is 15.6 Å². The minimum absolute atomic E-state index is 0. The number of rotatable bonds is 2. The van der Waals surface area contributed by atoms with Crippen molar-refractivity contribution in [2.75, 3.05) is 13.1 Å². The molecule has 0 radical (unpaired) electrons. The van der Waals surface area contributed by atoms with E-state index >= 15 is 0 Å². The number of piperidine rings is 1. The summed E-state index contributed by atoms with van der Waals surface area (Å²) in [5.41, 5.74) is 7.41. The highest BCUT2D eigenvalue weighted by atomic mass is 35.5. The van der Waals surface area contributed by atoms with E-state index in [2.05, 4.69) is 4.98 Å². The Hall–Kier alpha value is -1.79. The molecule has 0 spiro atoms. The fourth-order valence-corrected chi connectivity index (χ4v) is 4.30. The molecule has 1 saturated heterocycles. The van der Waals surface area contributed by atoms with E-state index in [0.717, 1.165) is 49.6 Å². The minimum Gasteiger partial charge on any atom is -0.341 e. The molecule has 1 aliphatic carbocycles. The molecule has 6 nitrogen and oxygen atoms in total. The van der Waals surface area contributed by atoms with E-state index in [1.165, 1.54) is 0 Å². The molecule has 25 heavy (non-hydrogen) atoms. The Morgan fingerprint density at radius 1 is 1.16 bits per heavy atom. The Labute approximate surface area is 152 Å². The van der Waals surface area contributed by atoms with E-state index in [0.29, 0.717) is 13.1 Å². The van der Waals surface area contributed by atoms with Crippen LogP contribution in [0.4, 0.5) is 0 Å². The van der Waals surface area contributed by atoms with Crippen LogP contribution in [0.15, 0.2) is 29.1 Å². The van der Waals surface area contributed by atoms with Gasteiger partial charge >= 0.3 is 5.69 Å². The van der Waals surface area contributed by atoms with Crippen molar-refractivity contribution in [3.8, 4) is 0 Å². The van der Waals surface area contributed by atoms with E-state index in [1.807, 2.05) is 33.7 Å². The number of nitrogens with zero attached hydrogens (tertiary/aromatic N) is 2. The Morgan fingerprint density at radius 3 is 2.48 bits per heavy atom. The number of aromatic amines is 1. The quantitative estimate of drug-likeness (QED) is 0.856. The molecule has 0 atom stereocenters. The van der Waals surface area contributed by atoms with Crippen LogP contribution in [-0.2, 0) is 4.79 Å². The molecule has 1 aromatic carbocycles. The Bertz CT molecular complexity index is 814. The van der Waals surface area contributed by atoms with Crippen LogP contribution in [0.3, 0.4) is 0 Å². The molecular formula is C18H25ClN4O2. The van der Waals surface area contributed by atoms with E-state index in [4.69, 9.17) is 5.73 Å². The van der Waals surface area contributed by atoms with Gasteiger partial charge in [-0.2, -0.15) is 0 Å². The summed E-state index contributed by atoms with van der Waals surface area (Å²) in [6.45, 7) is 1.35. The largest absolute Gasteiger partial charge is 0.341 e. The van der Waals surface area contributed by atoms with Crippen molar-refractivity contribution in [3.05, 3.63) is 34.7 Å². The van der Waals surface area contributed by atoms with Gasteiger partial charge in [0.05, 0.1) is 16.6 Å². The van der Waals surface area contributed by atoms with Crippen molar-refractivity contribution in [2.24, 2.45) is 5.73 Å². The van der Waals surface area contributed by atoms with Crippen LogP contribution in [0.1, 0.15) is 44.6 Å². The molecule has 4 rings (SSSR count). The maximum atomic E-state index is 12.7. The zero-order chi connectivity index (χ0) is 16.7.